The lowest BCUT2D eigenvalue weighted by molar-refractivity contribution is 0.250. The van der Waals surface area contributed by atoms with Crippen LogP contribution in [0.4, 0.5) is 4.79 Å². The minimum Gasteiger partial charge on any atom is -0.351 e. The summed E-state index contributed by atoms with van der Waals surface area (Å²) in [6, 6.07) is 3.17. The zero-order valence-corrected chi connectivity index (χ0v) is 5.16. The van der Waals surface area contributed by atoms with Crippen molar-refractivity contribution in [1.82, 2.24) is 4.57 Å². The Balaban J connectivity index is 3.08. The third kappa shape index (κ3) is 0.937. The highest BCUT2D eigenvalue weighted by Crippen LogP contribution is 1.96. The average Bonchev–Trinajstić information content (AvgIpc) is 2.13. The lowest BCUT2D eigenvalue weighted by Gasteiger charge is -1.95. The van der Waals surface area contributed by atoms with Crippen molar-refractivity contribution < 1.29 is 4.79 Å². The van der Waals surface area contributed by atoms with Crippen molar-refractivity contribution in [2.45, 2.75) is 6.92 Å². The Morgan fingerprint density at radius 3 is 2.67 bits per heavy atom. The SMILES string of the molecule is Cc1cccn1C(N)=O. The van der Waals surface area contributed by atoms with Gasteiger partial charge in [-0.1, -0.05) is 0 Å². The van der Waals surface area contributed by atoms with Gasteiger partial charge in [-0.05, 0) is 19.1 Å². The van der Waals surface area contributed by atoms with Crippen LogP contribution in [0.2, 0.25) is 0 Å². The Morgan fingerprint density at radius 2 is 2.44 bits per heavy atom. The van der Waals surface area contributed by atoms with Crippen LogP contribution >= 0.6 is 0 Å². The van der Waals surface area contributed by atoms with Crippen molar-refractivity contribution in [1.29, 1.82) is 0 Å². The molecule has 2 N–H and O–H groups in total. The molecule has 0 aliphatic rings. The maximum Gasteiger partial charge on any atom is 0.323 e. The first-order chi connectivity index (χ1) is 4.22. The Kier molecular flexibility index (Phi) is 1.26. The van der Waals surface area contributed by atoms with Gasteiger partial charge in [0.05, 0.1) is 0 Å². The Bertz CT molecular complexity index is 227. The minimum atomic E-state index is -0.433. The molecule has 0 aliphatic heterocycles. The molecule has 1 amide bonds. The summed E-state index contributed by atoms with van der Waals surface area (Å²) in [4.78, 5) is 10.5. The fourth-order valence-corrected chi connectivity index (χ4v) is 0.714. The molecule has 0 saturated carbocycles. The van der Waals surface area contributed by atoms with Gasteiger partial charge in [0.2, 0.25) is 0 Å². The molecule has 1 rings (SSSR count). The molecule has 0 atom stereocenters. The van der Waals surface area contributed by atoms with E-state index >= 15 is 0 Å². The molecule has 0 bridgehead atoms. The molecule has 3 nitrogen and oxygen atoms in total. The summed E-state index contributed by atoms with van der Waals surface area (Å²) in [6.07, 6.45) is 1.64. The predicted molar refractivity (Wildman–Crippen MR) is 34.2 cm³/mol. The van der Waals surface area contributed by atoms with Gasteiger partial charge in [-0.3, -0.25) is 4.57 Å². The Morgan fingerprint density at radius 1 is 1.78 bits per heavy atom. The van der Waals surface area contributed by atoms with Crippen LogP contribution in [-0.4, -0.2) is 10.6 Å². The number of carbonyl (C=O) groups is 1. The molecule has 0 unspecified atom stereocenters. The minimum absolute atomic E-state index is 0.433. The van der Waals surface area contributed by atoms with Gasteiger partial charge in [0.1, 0.15) is 0 Å². The summed E-state index contributed by atoms with van der Waals surface area (Å²) in [5.74, 6) is 0. The third-order valence-electron chi connectivity index (χ3n) is 1.19. The van der Waals surface area contributed by atoms with Crippen molar-refractivity contribution in [3.05, 3.63) is 24.0 Å². The van der Waals surface area contributed by atoms with Crippen LogP contribution in [0, 0.1) is 6.92 Å². The number of hydrogen-bond acceptors (Lipinski definition) is 1. The first kappa shape index (κ1) is 5.88. The molecule has 9 heavy (non-hydrogen) atoms. The van der Waals surface area contributed by atoms with Gasteiger partial charge in [0, 0.05) is 11.9 Å². The zero-order chi connectivity index (χ0) is 6.85. The zero-order valence-electron chi connectivity index (χ0n) is 5.16. The fraction of sp³-hybridized carbons (Fsp3) is 0.167. The van der Waals surface area contributed by atoms with Crippen LogP contribution in [0.1, 0.15) is 5.69 Å². The van der Waals surface area contributed by atoms with Gasteiger partial charge in [0.15, 0.2) is 0 Å². The highest BCUT2D eigenvalue weighted by atomic mass is 16.2. The van der Waals surface area contributed by atoms with Crippen LogP contribution in [-0.2, 0) is 0 Å². The summed E-state index contributed by atoms with van der Waals surface area (Å²) in [6.45, 7) is 1.82. The van der Waals surface area contributed by atoms with E-state index in [2.05, 4.69) is 0 Å². The molecule has 0 fully saturated rings. The van der Waals surface area contributed by atoms with Crippen LogP contribution in [0.3, 0.4) is 0 Å². The number of nitrogens with two attached hydrogens (primary N) is 1. The molecule has 48 valence electrons. The van der Waals surface area contributed by atoms with Crippen molar-refractivity contribution in [2.24, 2.45) is 5.73 Å². The van der Waals surface area contributed by atoms with Gasteiger partial charge in [0.25, 0.3) is 0 Å². The summed E-state index contributed by atoms with van der Waals surface area (Å²) >= 11 is 0. The first-order valence-electron chi connectivity index (χ1n) is 2.65. The van der Waals surface area contributed by atoms with E-state index in [-0.39, 0.29) is 0 Å². The van der Waals surface area contributed by atoms with E-state index in [1.54, 1.807) is 12.3 Å². The van der Waals surface area contributed by atoms with Crippen molar-refractivity contribution in [3.63, 3.8) is 0 Å². The summed E-state index contributed by atoms with van der Waals surface area (Å²) in [5.41, 5.74) is 5.85. The first-order valence-corrected chi connectivity index (χ1v) is 2.65. The molecular weight excluding hydrogens is 116 g/mol. The van der Waals surface area contributed by atoms with Gasteiger partial charge < -0.3 is 5.73 Å². The summed E-state index contributed by atoms with van der Waals surface area (Å²) < 4.78 is 1.39. The second-order valence-electron chi connectivity index (χ2n) is 1.86. The van der Waals surface area contributed by atoms with Gasteiger partial charge in [-0.2, -0.15) is 0 Å². The highest BCUT2D eigenvalue weighted by molar-refractivity contribution is 5.75. The van der Waals surface area contributed by atoms with Crippen LogP contribution in [0.15, 0.2) is 18.3 Å². The van der Waals surface area contributed by atoms with Crippen LogP contribution < -0.4 is 5.73 Å². The largest absolute Gasteiger partial charge is 0.351 e. The van der Waals surface area contributed by atoms with E-state index in [0.29, 0.717) is 0 Å². The second-order valence-corrected chi connectivity index (χ2v) is 1.86. The van der Waals surface area contributed by atoms with E-state index in [1.165, 1.54) is 4.57 Å². The monoisotopic (exact) mass is 124 g/mol. The van der Waals surface area contributed by atoms with Crippen LogP contribution in [0.5, 0.6) is 0 Å². The Labute approximate surface area is 53.1 Å². The van der Waals surface area contributed by atoms with E-state index in [4.69, 9.17) is 5.73 Å². The number of aromatic nitrogens is 1. The van der Waals surface area contributed by atoms with Gasteiger partial charge in [-0.25, -0.2) is 4.79 Å². The average molecular weight is 124 g/mol. The predicted octanol–water partition coefficient (Wildman–Crippen LogP) is 0.723. The maximum absolute atomic E-state index is 10.5. The standard InChI is InChI=1S/C6H8N2O/c1-5-3-2-4-8(5)6(7)9/h2-4H,1H3,(H2,7,9). The second kappa shape index (κ2) is 1.93. The summed E-state index contributed by atoms with van der Waals surface area (Å²) in [7, 11) is 0. The number of rotatable bonds is 0. The maximum atomic E-state index is 10.5. The number of carbonyl (C=O) groups excluding carboxylic acids is 1. The number of hydrogen-bond donors (Lipinski definition) is 1. The molecule has 0 radical (unpaired) electrons. The number of primary amides is 1. The molecule has 0 saturated heterocycles. The quantitative estimate of drug-likeness (QED) is 0.544. The van der Waals surface area contributed by atoms with Crippen LogP contribution in [0.25, 0.3) is 0 Å². The third-order valence-corrected chi connectivity index (χ3v) is 1.19. The van der Waals surface area contributed by atoms with Crippen molar-refractivity contribution in [2.75, 3.05) is 0 Å². The van der Waals surface area contributed by atoms with E-state index in [9.17, 15) is 4.79 Å². The lowest BCUT2D eigenvalue weighted by atomic mass is 10.5. The molecule has 1 aromatic rings. The summed E-state index contributed by atoms with van der Waals surface area (Å²) in [5, 5.41) is 0. The normalized spacial score (nSPS) is 9.44. The van der Waals surface area contributed by atoms with Crippen molar-refractivity contribution in [3.8, 4) is 0 Å². The molecule has 3 heteroatoms. The molecular formula is C6H8N2O. The Hall–Kier alpha value is -1.25. The van der Waals surface area contributed by atoms with Crippen molar-refractivity contribution >= 4 is 6.03 Å². The topological polar surface area (TPSA) is 48.0 Å². The molecule has 1 heterocycles. The fourth-order valence-electron chi connectivity index (χ4n) is 0.714. The molecule has 1 aromatic heterocycles. The molecule has 0 spiro atoms. The van der Waals surface area contributed by atoms with E-state index < -0.39 is 6.03 Å². The highest BCUT2D eigenvalue weighted by Gasteiger charge is 1.97. The smallest absolute Gasteiger partial charge is 0.323 e. The lowest BCUT2D eigenvalue weighted by Crippen LogP contribution is -2.19. The molecule has 0 aliphatic carbocycles. The number of nitrogens with zero attached hydrogens (tertiary/aromatic N) is 1. The van der Waals surface area contributed by atoms with E-state index in [1.807, 2.05) is 13.0 Å². The van der Waals surface area contributed by atoms with Gasteiger partial charge >= 0.3 is 6.03 Å². The van der Waals surface area contributed by atoms with Gasteiger partial charge in [-0.15, -0.1) is 0 Å². The van der Waals surface area contributed by atoms with E-state index in [0.717, 1.165) is 5.69 Å². The number of amides is 1. The molecule has 0 aromatic carbocycles. The number of aryl methyl sites for hydroxylation is 1.